The van der Waals surface area contributed by atoms with E-state index in [1.807, 2.05) is 42.8 Å². The topological polar surface area (TPSA) is 105 Å². The Bertz CT molecular complexity index is 1140. The van der Waals surface area contributed by atoms with E-state index >= 15 is 0 Å². The first kappa shape index (κ1) is 19.6. The molecule has 4 rings (SSSR count). The Hall–Kier alpha value is -3.68. The second kappa shape index (κ2) is 7.98. The largest absolute Gasteiger partial charge is 0.346 e. The Balaban J connectivity index is 1.38. The second-order valence-corrected chi connectivity index (χ2v) is 7.41. The zero-order valence-electron chi connectivity index (χ0n) is 16.8. The summed E-state index contributed by atoms with van der Waals surface area (Å²) in [7, 11) is 1.91. The SMILES string of the molecule is C[C@@H](NC(=O)CC[C@H]1NC(=O)c2ccccc2NC1=O)c1nc2ccccc2n1C. The number of benzene rings is 2. The zero-order chi connectivity index (χ0) is 21.3. The first-order valence-corrected chi connectivity index (χ1v) is 9.85. The third-order valence-corrected chi connectivity index (χ3v) is 5.30. The van der Waals surface area contributed by atoms with E-state index in [-0.39, 0.29) is 36.6 Å². The van der Waals surface area contributed by atoms with E-state index in [0.29, 0.717) is 11.3 Å². The van der Waals surface area contributed by atoms with E-state index in [1.165, 1.54) is 0 Å². The minimum Gasteiger partial charge on any atom is -0.346 e. The van der Waals surface area contributed by atoms with Crippen molar-refractivity contribution < 1.29 is 14.4 Å². The summed E-state index contributed by atoms with van der Waals surface area (Å²) in [5.41, 5.74) is 2.75. The first-order valence-electron chi connectivity index (χ1n) is 9.85. The number of fused-ring (bicyclic) bond motifs is 2. The van der Waals surface area contributed by atoms with Crippen LogP contribution < -0.4 is 16.0 Å². The van der Waals surface area contributed by atoms with Gasteiger partial charge >= 0.3 is 0 Å². The van der Waals surface area contributed by atoms with Crippen LogP contribution in [0.25, 0.3) is 11.0 Å². The third kappa shape index (κ3) is 3.76. The van der Waals surface area contributed by atoms with Crippen LogP contribution in [0.15, 0.2) is 48.5 Å². The minimum absolute atomic E-state index is 0.100. The van der Waals surface area contributed by atoms with Gasteiger partial charge in [0.15, 0.2) is 0 Å². The molecule has 8 heteroatoms. The molecule has 0 unspecified atom stereocenters. The van der Waals surface area contributed by atoms with Gasteiger partial charge in [-0.1, -0.05) is 24.3 Å². The Morgan fingerprint density at radius 3 is 2.70 bits per heavy atom. The average Bonchev–Trinajstić information content (AvgIpc) is 3.01. The summed E-state index contributed by atoms with van der Waals surface area (Å²) in [6.45, 7) is 1.87. The van der Waals surface area contributed by atoms with Crippen molar-refractivity contribution in [3.63, 3.8) is 0 Å². The molecule has 2 atom stereocenters. The Kier molecular flexibility index (Phi) is 5.22. The summed E-state index contributed by atoms with van der Waals surface area (Å²) >= 11 is 0. The lowest BCUT2D eigenvalue weighted by molar-refractivity contribution is -0.122. The molecule has 30 heavy (non-hydrogen) atoms. The molecule has 1 aliphatic rings. The Morgan fingerprint density at radius 2 is 1.90 bits per heavy atom. The number of nitrogens with zero attached hydrogens (tertiary/aromatic N) is 2. The fraction of sp³-hybridized carbons (Fsp3) is 0.273. The smallest absolute Gasteiger partial charge is 0.254 e. The fourth-order valence-corrected chi connectivity index (χ4v) is 3.72. The van der Waals surface area contributed by atoms with Gasteiger partial charge in [0.2, 0.25) is 11.8 Å². The monoisotopic (exact) mass is 405 g/mol. The number of amides is 3. The molecule has 3 aromatic rings. The van der Waals surface area contributed by atoms with Gasteiger partial charge in [-0.05, 0) is 37.6 Å². The number of nitrogens with one attached hydrogen (secondary N) is 3. The van der Waals surface area contributed by atoms with E-state index < -0.39 is 6.04 Å². The number of aromatic nitrogens is 2. The average molecular weight is 405 g/mol. The number of rotatable bonds is 5. The maximum absolute atomic E-state index is 12.5. The van der Waals surface area contributed by atoms with Gasteiger partial charge in [0.25, 0.3) is 5.91 Å². The van der Waals surface area contributed by atoms with Crippen LogP contribution in [0.1, 0.15) is 42.0 Å². The van der Waals surface area contributed by atoms with Gasteiger partial charge < -0.3 is 20.5 Å². The summed E-state index contributed by atoms with van der Waals surface area (Å²) in [6, 6.07) is 13.5. The first-order chi connectivity index (χ1) is 14.4. The molecule has 0 spiro atoms. The summed E-state index contributed by atoms with van der Waals surface area (Å²) in [5, 5.41) is 8.38. The fourth-order valence-electron chi connectivity index (χ4n) is 3.72. The van der Waals surface area contributed by atoms with E-state index in [4.69, 9.17) is 0 Å². The lowest BCUT2D eigenvalue weighted by atomic mass is 10.1. The Morgan fingerprint density at radius 1 is 1.17 bits per heavy atom. The van der Waals surface area contributed by atoms with Crippen LogP contribution in [0, 0.1) is 0 Å². The number of imidazole rings is 1. The normalized spacial score (nSPS) is 16.9. The number of carbonyl (C=O) groups is 3. The molecule has 0 bridgehead atoms. The molecule has 154 valence electrons. The quantitative estimate of drug-likeness (QED) is 0.606. The number of anilines is 1. The lowest BCUT2D eigenvalue weighted by Gasteiger charge is -2.16. The zero-order valence-corrected chi connectivity index (χ0v) is 16.8. The van der Waals surface area contributed by atoms with Crippen molar-refractivity contribution in [3.05, 3.63) is 59.9 Å². The van der Waals surface area contributed by atoms with Crippen LogP contribution in [0.2, 0.25) is 0 Å². The van der Waals surface area contributed by atoms with Crippen molar-refractivity contribution >= 4 is 34.4 Å². The van der Waals surface area contributed by atoms with Gasteiger partial charge in [-0.2, -0.15) is 0 Å². The highest BCUT2D eigenvalue weighted by Gasteiger charge is 2.28. The molecular formula is C22H23N5O3. The molecule has 0 saturated carbocycles. The second-order valence-electron chi connectivity index (χ2n) is 7.41. The highest BCUT2D eigenvalue weighted by atomic mass is 16.2. The van der Waals surface area contributed by atoms with Gasteiger partial charge in [-0.15, -0.1) is 0 Å². The molecule has 1 aliphatic heterocycles. The molecule has 0 saturated heterocycles. The molecule has 3 amide bonds. The lowest BCUT2D eigenvalue weighted by Crippen LogP contribution is -2.42. The van der Waals surface area contributed by atoms with E-state index in [1.54, 1.807) is 24.3 Å². The van der Waals surface area contributed by atoms with Gasteiger partial charge in [0.05, 0.1) is 28.3 Å². The van der Waals surface area contributed by atoms with Crippen LogP contribution in [0.4, 0.5) is 5.69 Å². The van der Waals surface area contributed by atoms with Gasteiger partial charge in [-0.25, -0.2) is 4.98 Å². The summed E-state index contributed by atoms with van der Waals surface area (Å²) in [4.78, 5) is 41.9. The number of para-hydroxylation sites is 3. The number of aryl methyl sites for hydroxylation is 1. The van der Waals surface area contributed by atoms with E-state index in [2.05, 4.69) is 20.9 Å². The van der Waals surface area contributed by atoms with Crippen LogP contribution >= 0.6 is 0 Å². The van der Waals surface area contributed by atoms with Crippen molar-refractivity contribution in [1.29, 1.82) is 0 Å². The molecule has 3 N–H and O–H groups in total. The van der Waals surface area contributed by atoms with Crippen LogP contribution in [0.5, 0.6) is 0 Å². The van der Waals surface area contributed by atoms with Crippen molar-refractivity contribution in [3.8, 4) is 0 Å². The Labute approximate surface area is 173 Å². The highest BCUT2D eigenvalue weighted by Crippen LogP contribution is 2.21. The van der Waals surface area contributed by atoms with E-state index in [9.17, 15) is 14.4 Å². The summed E-state index contributed by atoms with van der Waals surface area (Å²) in [5.74, 6) is -0.120. The molecule has 1 aromatic heterocycles. The molecule has 8 nitrogen and oxygen atoms in total. The standard InChI is InChI=1S/C22H23N5O3/c1-13(20-24-16-9-5-6-10-18(16)27(20)2)23-19(28)12-11-17-22(30)25-15-8-4-3-7-14(15)21(29)26-17/h3-10,13,17H,11-12H2,1-2H3,(H,23,28)(H,25,30)(H,26,29)/t13-,17-/m1/s1. The minimum atomic E-state index is -0.776. The predicted octanol–water partition coefficient (Wildman–Crippen LogP) is 2.28. The maximum Gasteiger partial charge on any atom is 0.254 e. The van der Waals surface area contributed by atoms with Crippen molar-refractivity contribution in [1.82, 2.24) is 20.2 Å². The maximum atomic E-state index is 12.5. The molecule has 0 fully saturated rings. The number of hydrogen-bond donors (Lipinski definition) is 3. The summed E-state index contributed by atoms with van der Waals surface area (Å²) < 4.78 is 1.95. The molecule has 0 aliphatic carbocycles. The van der Waals surface area contributed by atoms with Gasteiger partial charge in [0.1, 0.15) is 11.9 Å². The van der Waals surface area contributed by atoms with Crippen molar-refractivity contribution in [2.45, 2.75) is 31.8 Å². The van der Waals surface area contributed by atoms with Crippen molar-refractivity contribution in [2.24, 2.45) is 7.05 Å². The summed E-state index contributed by atoms with van der Waals surface area (Å²) in [6.07, 6.45) is 0.301. The van der Waals surface area contributed by atoms with Crippen LogP contribution in [0.3, 0.4) is 0 Å². The van der Waals surface area contributed by atoms with Gasteiger partial charge in [0, 0.05) is 13.5 Å². The molecule has 2 aromatic carbocycles. The van der Waals surface area contributed by atoms with Crippen LogP contribution in [-0.4, -0.2) is 33.3 Å². The predicted molar refractivity (Wildman–Crippen MR) is 113 cm³/mol. The molecule has 2 heterocycles. The number of carbonyl (C=O) groups excluding carboxylic acids is 3. The van der Waals surface area contributed by atoms with E-state index in [0.717, 1.165) is 16.9 Å². The van der Waals surface area contributed by atoms with Gasteiger partial charge in [-0.3, -0.25) is 14.4 Å². The number of hydrogen-bond acceptors (Lipinski definition) is 4. The van der Waals surface area contributed by atoms with Crippen molar-refractivity contribution in [2.75, 3.05) is 5.32 Å². The third-order valence-electron chi connectivity index (χ3n) is 5.30. The van der Waals surface area contributed by atoms with Crippen LogP contribution in [-0.2, 0) is 16.6 Å². The molecular weight excluding hydrogens is 382 g/mol. The molecule has 0 radical (unpaired) electrons. The highest BCUT2D eigenvalue weighted by molar-refractivity contribution is 6.09.